The summed E-state index contributed by atoms with van der Waals surface area (Å²) in [5, 5.41) is 1.91. The molecule has 1 aromatic heterocycles. The van der Waals surface area contributed by atoms with Crippen LogP contribution in [-0.2, 0) is 20.6 Å². The van der Waals surface area contributed by atoms with Crippen LogP contribution in [0.3, 0.4) is 0 Å². The number of amides is 3. The minimum atomic E-state index is -4.66. The molecule has 47 heavy (non-hydrogen) atoms. The van der Waals surface area contributed by atoms with Gasteiger partial charge in [0.15, 0.2) is 18.1 Å². The van der Waals surface area contributed by atoms with Gasteiger partial charge in [-0.05, 0) is 61.0 Å². The molecule has 2 N–H and O–H groups in total. The van der Waals surface area contributed by atoms with Crippen LogP contribution in [-0.4, -0.2) is 48.3 Å². The van der Waals surface area contributed by atoms with E-state index >= 15 is 0 Å². The summed E-state index contributed by atoms with van der Waals surface area (Å²) in [6.45, 7) is 1.30. The van der Waals surface area contributed by atoms with E-state index in [0.717, 1.165) is 40.1 Å². The summed E-state index contributed by atoms with van der Waals surface area (Å²) in [7, 11) is 1.51. The minimum absolute atomic E-state index is 0.132. The summed E-state index contributed by atoms with van der Waals surface area (Å²) in [5.41, 5.74) is -0.441. The minimum Gasteiger partial charge on any atom is -0.497 e. The first-order valence-electron chi connectivity index (χ1n) is 14.3. The van der Waals surface area contributed by atoms with E-state index < -0.39 is 58.8 Å². The van der Waals surface area contributed by atoms with Gasteiger partial charge >= 0.3 is 11.0 Å². The Labute approximate surface area is 273 Å². The second-order valence-corrected chi connectivity index (χ2v) is 12.6. The number of ether oxygens (including phenoxy) is 3. The number of carbonyl (C=O) groups excluding carboxylic acids is 3. The van der Waals surface area contributed by atoms with Gasteiger partial charge in [0, 0.05) is 10.8 Å². The molecule has 1 fully saturated rings. The zero-order valence-corrected chi connectivity index (χ0v) is 26.4. The quantitative estimate of drug-likeness (QED) is 0.216. The van der Waals surface area contributed by atoms with E-state index in [1.165, 1.54) is 25.3 Å². The SMILES string of the molecule is CCOc1cc([C@H]2c3sc(=O)[nH]c3SC3C(=O)N(c4ccc(OC)cc4)C(=O)C32)ccc1OCC(=O)Nc1ccccc1C(F)(F)F. The fraction of sp³-hybridized carbons (Fsp3) is 0.250. The first-order chi connectivity index (χ1) is 22.5. The number of fused-ring (bicyclic) bond motifs is 2. The van der Waals surface area contributed by atoms with Crippen molar-refractivity contribution in [1.29, 1.82) is 0 Å². The van der Waals surface area contributed by atoms with Crippen LogP contribution in [0.5, 0.6) is 17.2 Å². The van der Waals surface area contributed by atoms with Gasteiger partial charge in [0.05, 0.1) is 41.6 Å². The zero-order chi connectivity index (χ0) is 33.5. The molecule has 6 rings (SSSR count). The molecule has 0 aliphatic carbocycles. The van der Waals surface area contributed by atoms with Crippen molar-refractivity contribution in [2.24, 2.45) is 5.92 Å². The van der Waals surface area contributed by atoms with Crippen LogP contribution in [0.1, 0.15) is 28.8 Å². The molecule has 244 valence electrons. The smallest absolute Gasteiger partial charge is 0.418 e. The second kappa shape index (κ2) is 12.8. The number of nitrogens with one attached hydrogen (secondary N) is 2. The van der Waals surface area contributed by atoms with Gasteiger partial charge < -0.3 is 24.5 Å². The van der Waals surface area contributed by atoms with Gasteiger partial charge in [-0.25, -0.2) is 4.90 Å². The number of halogens is 3. The maximum atomic E-state index is 14.0. The summed E-state index contributed by atoms with van der Waals surface area (Å²) in [4.78, 5) is 57.0. The summed E-state index contributed by atoms with van der Waals surface area (Å²) in [6, 6.07) is 15.9. The third kappa shape index (κ3) is 6.20. The molecule has 0 spiro atoms. The number of methoxy groups -OCH3 is 1. The molecule has 10 nitrogen and oxygen atoms in total. The third-order valence-electron chi connectivity index (χ3n) is 7.65. The number of thioether (sulfide) groups is 1. The summed E-state index contributed by atoms with van der Waals surface area (Å²) in [5.74, 6) is -2.32. The highest BCUT2D eigenvalue weighted by molar-refractivity contribution is 8.00. The lowest BCUT2D eigenvalue weighted by Gasteiger charge is -2.30. The van der Waals surface area contributed by atoms with Gasteiger partial charge in [0.2, 0.25) is 11.8 Å². The van der Waals surface area contributed by atoms with Crippen LogP contribution in [0, 0.1) is 5.92 Å². The van der Waals surface area contributed by atoms with E-state index in [2.05, 4.69) is 10.3 Å². The van der Waals surface area contributed by atoms with Gasteiger partial charge in [-0.15, -0.1) is 0 Å². The maximum Gasteiger partial charge on any atom is 0.418 e. The fourth-order valence-electron chi connectivity index (χ4n) is 5.64. The Kier molecular flexibility index (Phi) is 8.76. The summed E-state index contributed by atoms with van der Waals surface area (Å²) < 4.78 is 56.8. The molecule has 3 amide bonds. The van der Waals surface area contributed by atoms with Crippen molar-refractivity contribution >= 4 is 52.2 Å². The predicted octanol–water partition coefficient (Wildman–Crippen LogP) is 5.68. The molecular weight excluding hydrogens is 659 g/mol. The average molecular weight is 686 g/mol. The molecule has 0 radical (unpaired) electrons. The molecule has 15 heteroatoms. The topological polar surface area (TPSA) is 127 Å². The first-order valence-corrected chi connectivity index (χ1v) is 16.0. The molecule has 3 atom stereocenters. The van der Waals surface area contributed by atoms with Crippen molar-refractivity contribution in [3.63, 3.8) is 0 Å². The van der Waals surface area contributed by atoms with E-state index in [1.807, 2.05) is 0 Å². The number of rotatable bonds is 9. The summed E-state index contributed by atoms with van der Waals surface area (Å²) in [6.07, 6.45) is -4.66. The number of imide groups is 1. The molecule has 2 aliphatic rings. The highest BCUT2D eigenvalue weighted by Gasteiger charge is 2.56. The number of carbonyl (C=O) groups is 3. The lowest BCUT2D eigenvalue weighted by atomic mass is 9.83. The molecule has 3 heterocycles. The van der Waals surface area contributed by atoms with Gasteiger partial charge in [-0.1, -0.05) is 41.3 Å². The van der Waals surface area contributed by atoms with Gasteiger partial charge in [-0.3, -0.25) is 19.2 Å². The van der Waals surface area contributed by atoms with Crippen molar-refractivity contribution in [1.82, 2.24) is 4.98 Å². The van der Waals surface area contributed by atoms with Crippen LogP contribution in [0.15, 0.2) is 76.6 Å². The lowest BCUT2D eigenvalue weighted by Crippen LogP contribution is -2.32. The Balaban J connectivity index is 1.29. The molecule has 3 aromatic carbocycles. The standard InChI is InChI=1S/C32H26F3N3O7S2/c1-3-44-22-14-16(8-13-21(22)45-15-23(39)36-20-7-5-4-6-19(20)32(33,34)35)24-25-27(46-28-26(24)47-31(42)37-28)30(41)38(29(25)40)17-9-11-18(43-2)12-10-17/h4-14,24-25,27H,3,15H2,1-2H3,(H,36,39)(H,37,42)/t24-,25?,27?/m1/s1. The monoisotopic (exact) mass is 685 g/mol. The Morgan fingerprint density at radius 1 is 0.979 bits per heavy atom. The van der Waals surface area contributed by atoms with Crippen molar-refractivity contribution in [3.8, 4) is 17.2 Å². The predicted molar refractivity (Wildman–Crippen MR) is 169 cm³/mol. The Morgan fingerprint density at radius 3 is 2.43 bits per heavy atom. The molecule has 0 bridgehead atoms. The number of aromatic amines is 1. The highest BCUT2D eigenvalue weighted by Crippen LogP contribution is 2.54. The van der Waals surface area contributed by atoms with Gasteiger partial charge in [0.1, 0.15) is 11.0 Å². The Hall–Kier alpha value is -4.76. The van der Waals surface area contributed by atoms with Crippen LogP contribution >= 0.6 is 23.1 Å². The molecule has 2 unspecified atom stereocenters. The van der Waals surface area contributed by atoms with Crippen LogP contribution in [0.4, 0.5) is 24.5 Å². The van der Waals surface area contributed by atoms with E-state index in [0.29, 0.717) is 26.9 Å². The number of aromatic nitrogens is 1. The molecule has 1 saturated heterocycles. The molecule has 2 aliphatic heterocycles. The second-order valence-electron chi connectivity index (χ2n) is 10.5. The third-order valence-corrected chi connectivity index (χ3v) is 10.0. The largest absolute Gasteiger partial charge is 0.497 e. The number of thiazole rings is 1. The number of para-hydroxylation sites is 1. The van der Waals surface area contributed by atoms with E-state index in [-0.39, 0.29) is 23.0 Å². The molecule has 4 aromatic rings. The van der Waals surface area contributed by atoms with Crippen molar-refractivity contribution in [2.45, 2.75) is 29.3 Å². The number of benzene rings is 3. The maximum absolute atomic E-state index is 14.0. The highest BCUT2D eigenvalue weighted by atomic mass is 32.2. The van der Waals surface area contributed by atoms with Gasteiger partial charge in [-0.2, -0.15) is 13.2 Å². The Morgan fingerprint density at radius 2 is 1.72 bits per heavy atom. The number of hydrogen-bond donors (Lipinski definition) is 2. The Bertz CT molecular complexity index is 1910. The van der Waals surface area contributed by atoms with Crippen molar-refractivity contribution in [3.05, 3.63) is 92.4 Å². The summed E-state index contributed by atoms with van der Waals surface area (Å²) >= 11 is 2.10. The fourth-order valence-corrected chi connectivity index (χ4v) is 8.15. The van der Waals surface area contributed by atoms with Crippen molar-refractivity contribution < 1.29 is 41.8 Å². The van der Waals surface area contributed by atoms with E-state index in [1.54, 1.807) is 43.3 Å². The normalized spacial score (nSPS) is 18.8. The molecule has 0 saturated carbocycles. The van der Waals surface area contributed by atoms with E-state index in [9.17, 15) is 32.3 Å². The van der Waals surface area contributed by atoms with E-state index in [4.69, 9.17) is 14.2 Å². The van der Waals surface area contributed by atoms with Crippen molar-refractivity contribution in [2.75, 3.05) is 30.5 Å². The van der Waals surface area contributed by atoms with Gasteiger partial charge in [0.25, 0.3) is 5.91 Å². The number of H-pyrrole nitrogens is 1. The number of hydrogen-bond acceptors (Lipinski definition) is 9. The zero-order valence-electron chi connectivity index (χ0n) is 24.8. The van der Waals surface area contributed by atoms with Crippen LogP contribution < -0.4 is 29.3 Å². The van der Waals surface area contributed by atoms with Crippen LogP contribution in [0.2, 0.25) is 0 Å². The number of nitrogens with zero attached hydrogens (tertiary/aromatic N) is 1. The lowest BCUT2D eigenvalue weighted by molar-refractivity contribution is -0.137. The molecular formula is C32H26F3N3O7S2. The van der Waals surface area contributed by atoms with Crippen LogP contribution in [0.25, 0.3) is 0 Å². The average Bonchev–Trinajstić information content (AvgIpc) is 3.54. The first kappa shape index (κ1) is 32.2. The number of alkyl halides is 3. The number of anilines is 2.